The number of para-hydroxylation sites is 1. The monoisotopic (exact) mass is 415 g/mol. The van der Waals surface area contributed by atoms with E-state index < -0.39 is 0 Å². The van der Waals surface area contributed by atoms with Crippen LogP contribution in [0.25, 0.3) is 0 Å². The van der Waals surface area contributed by atoms with Crippen LogP contribution in [0, 0.1) is 0 Å². The van der Waals surface area contributed by atoms with Gasteiger partial charge in [0.15, 0.2) is 6.10 Å². The number of benzene rings is 2. The molecule has 29 heavy (non-hydrogen) atoms. The number of nitrogens with zero attached hydrogens (tertiary/aromatic N) is 2. The summed E-state index contributed by atoms with van der Waals surface area (Å²) in [5.41, 5.74) is 2.69. The van der Waals surface area contributed by atoms with E-state index in [2.05, 4.69) is 10.5 Å². The van der Waals surface area contributed by atoms with Crippen LogP contribution < -0.4 is 10.1 Å². The molecule has 0 spiro atoms. The van der Waals surface area contributed by atoms with Gasteiger partial charge in [0.25, 0.3) is 0 Å². The molecule has 2 aromatic carbocycles. The average Bonchev–Trinajstić information content (AvgIpc) is 3.15. The van der Waals surface area contributed by atoms with E-state index in [4.69, 9.17) is 21.2 Å². The number of methoxy groups -OCH3 is 1. The van der Waals surface area contributed by atoms with Crippen LogP contribution in [0.4, 0.5) is 4.79 Å². The first-order valence-corrected chi connectivity index (χ1v) is 10.00. The summed E-state index contributed by atoms with van der Waals surface area (Å²) in [5.74, 6) is 0.754. The smallest absolute Gasteiger partial charge is 0.318 e. The number of hydrogen-bond donors (Lipinski definition) is 1. The van der Waals surface area contributed by atoms with Crippen molar-refractivity contribution in [2.45, 2.75) is 39.0 Å². The van der Waals surface area contributed by atoms with Gasteiger partial charge in [0.1, 0.15) is 5.75 Å². The number of nitrogens with one attached hydrogen (secondary N) is 1. The van der Waals surface area contributed by atoms with E-state index in [1.807, 2.05) is 62.4 Å². The Morgan fingerprint density at radius 3 is 2.83 bits per heavy atom. The maximum atomic E-state index is 12.8. The molecule has 0 unspecified atom stereocenters. The van der Waals surface area contributed by atoms with Crippen molar-refractivity contribution in [3.05, 3.63) is 64.7 Å². The van der Waals surface area contributed by atoms with E-state index in [1.54, 1.807) is 12.0 Å². The van der Waals surface area contributed by atoms with E-state index in [0.717, 1.165) is 22.6 Å². The number of hydrogen-bond acceptors (Lipinski definition) is 4. The molecule has 154 valence electrons. The molecule has 0 radical (unpaired) electrons. The predicted molar refractivity (Wildman–Crippen MR) is 115 cm³/mol. The Hall–Kier alpha value is -2.73. The lowest BCUT2D eigenvalue weighted by Gasteiger charge is -2.26. The van der Waals surface area contributed by atoms with Gasteiger partial charge in [-0.05, 0) is 43.7 Å². The van der Waals surface area contributed by atoms with E-state index in [1.165, 1.54) is 0 Å². The van der Waals surface area contributed by atoms with Gasteiger partial charge < -0.3 is 19.8 Å². The van der Waals surface area contributed by atoms with Crippen LogP contribution in [0.2, 0.25) is 5.02 Å². The second-order valence-electron chi connectivity index (χ2n) is 7.28. The van der Waals surface area contributed by atoms with Crippen molar-refractivity contribution >= 4 is 23.3 Å². The summed E-state index contributed by atoms with van der Waals surface area (Å²) in [7, 11) is 1.63. The highest BCUT2D eigenvalue weighted by molar-refractivity contribution is 6.30. The van der Waals surface area contributed by atoms with Gasteiger partial charge in [0, 0.05) is 29.6 Å². The van der Waals surface area contributed by atoms with Gasteiger partial charge in [-0.3, -0.25) is 0 Å². The fourth-order valence-electron chi connectivity index (χ4n) is 3.23. The molecule has 6 nitrogen and oxygen atoms in total. The zero-order valence-electron chi connectivity index (χ0n) is 16.9. The number of urea groups is 1. The van der Waals surface area contributed by atoms with Crippen LogP contribution in [-0.4, -0.2) is 42.4 Å². The minimum absolute atomic E-state index is 0.0363. The Balaban J connectivity index is 1.70. The van der Waals surface area contributed by atoms with Crippen molar-refractivity contribution in [3.8, 4) is 5.75 Å². The van der Waals surface area contributed by atoms with Gasteiger partial charge in [0.2, 0.25) is 0 Å². The topological polar surface area (TPSA) is 63.2 Å². The first kappa shape index (κ1) is 21.0. The molecule has 0 saturated heterocycles. The molecule has 1 N–H and O–H groups in total. The van der Waals surface area contributed by atoms with Crippen LogP contribution in [0.1, 0.15) is 31.4 Å². The Kier molecular flexibility index (Phi) is 6.99. The van der Waals surface area contributed by atoms with Crippen molar-refractivity contribution < 1.29 is 14.4 Å². The standard InChI is InChI=1S/C22H26ClN3O3/c1-15(2)24-22(27)26(13-16-7-6-8-17(23)11-16)14-18-12-20(25-29-18)19-9-4-5-10-21(19)28-3/h4-11,15,18H,12-14H2,1-3H3,(H,24,27)/t18-/m1/s1. The predicted octanol–water partition coefficient (Wildman–Crippen LogP) is 4.46. The normalized spacial score (nSPS) is 15.6. The fourth-order valence-corrected chi connectivity index (χ4v) is 3.44. The minimum atomic E-state index is -0.230. The molecular formula is C22H26ClN3O3. The summed E-state index contributed by atoms with van der Waals surface area (Å²) in [5, 5.41) is 7.85. The molecule has 2 amide bonds. The maximum absolute atomic E-state index is 12.8. The molecule has 2 aromatic rings. The third-order valence-corrected chi connectivity index (χ3v) is 4.77. The summed E-state index contributed by atoms with van der Waals surface area (Å²) < 4.78 is 5.42. The minimum Gasteiger partial charge on any atom is -0.496 e. The molecule has 1 aliphatic rings. The summed E-state index contributed by atoms with van der Waals surface area (Å²) in [6, 6.07) is 15.1. The molecule has 1 heterocycles. The highest BCUT2D eigenvalue weighted by atomic mass is 35.5. The molecule has 0 saturated carbocycles. The van der Waals surface area contributed by atoms with Gasteiger partial charge in [-0.1, -0.05) is 41.0 Å². The lowest BCUT2D eigenvalue weighted by molar-refractivity contribution is 0.0586. The fraction of sp³-hybridized carbons (Fsp3) is 0.364. The third kappa shape index (κ3) is 5.64. The second kappa shape index (κ2) is 9.65. The molecule has 0 fully saturated rings. The Morgan fingerprint density at radius 2 is 2.10 bits per heavy atom. The van der Waals surface area contributed by atoms with Crippen molar-refractivity contribution in [1.82, 2.24) is 10.2 Å². The molecular weight excluding hydrogens is 390 g/mol. The zero-order chi connectivity index (χ0) is 20.8. The van der Waals surface area contributed by atoms with Gasteiger partial charge in [-0.2, -0.15) is 0 Å². The van der Waals surface area contributed by atoms with Crippen molar-refractivity contribution in [2.75, 3.05) is 13.7 Å². The highest BCUT2D eigenvalue weighted by Gasteiger charge is 2.28. The van der Waals surface area contributed by atoms with Crippen LogP contribution in [0.3, 0.4) is 0 Å². The van der Waals surface area contributed by atoms with Gasteiger partial charge in [-0.25, -0.2) is 4.79 Å². The maximum Gasteiger partial charge on any atom is 0.318 e. The molecule has 1 atom stereocenters. The summed E-state index contributed by atoms with van der Waals surface area (Å²) >= 11 is 6.10. The van der Waals surface area contributed by atoms with Gasteiger partial charge in [-0.15, -0.1) is 0 Å². The van der Waals surface area contributed by atoms with E-state index in [9.17, 15) is 4.79 Å². The Labute approximate surface area is 176 Å². The summed E-state index contributed by atoms with van der Waals surface area (Å²) in [6.07, 6.45) is 0.369. The second-order valence-corrected chi connectivity index (χ2v) is 7.72. The molecule has 7 heteroatoms. The van der Waals surface area contributed by atoms with Gasteiger partial charge >= 0.3 is 6.03 Å². The third-order valence-electron chi connectivity index (χ3n) is 4.54. The van der Waals surface area contributed by atoms with Crippen LogP contribution in [0.5, 0.6) is 5.75 Å². The zero-order valence-corrected chi connectivity index (χ0v) is 17.6. The number of ether oxygens (including phenoxy) is 1. The summed E-state index contributed by atoms with van der Waals surface area (Å²) in [6.45, 7) is 4.71. The average molecular weight is 416 g/mol. The number of amides is 2. The number of carbonyl (C=O) groups excluding carboxylic acids is 1. The van der Waals surface area contributed by atoms with Crippen molar-refractivity contribution in [2.24, 2.45) is 5.16 Å². The number of rotatable bonds is 7. The quantitative estimate of drug-likeness (QED) is 0.726. The van der Waals surface area contributed by atoms with Crippen molar-refractivity contribution in [1.29, 1.82) is 0 Å². The van der Waals surface area contributed by atoms with E-state index in [-0.39, 0.29) is 18.2 Å². The molecule has 1 aliphatic heterocycles. The first-order chi connectivity index (χ1) is 14.0. The SMILES string of the molecule is COc1ccccc1C1=NO[C@@H](CN(Cc2cccc(Cl)c2)C(=O)NC(C)C)C1. The van der Waals surface area contributed by atoms with E-state index >= 15 is 0 Å². The lowest BCUT2D eigenvalue weighted by atomic mass is 10.0. The molecule has 0 bridgehead atoms. The number of halogens is 1. The summed E-state index contributed by atoms with van der Waals surface area (Å²) in [4.78, 5) is 20.1. The number of carbonyl (C=O) groups is 1. The molecule has 3 rings (SSSR count). The van der Waals surface area contributed by atoms with Gasteiger partial charge in [0.05, 0.1) is 19.4 Å². The Bertz CT molecular complexity index is 885. The number of oxime groups is 1. The highest BCUT2D eigenvalue weighted by Crippen LogP contribution is 2.25. The van der Waals surface area contributed by atoms with Crippen LogP contribution in [0.15, 0.2) is 53.7 Å². The lowest BCUT2D eigenvalue weighted by Crippen LogP contribution is -2.45. The largest absolute Gasteiger partial charge is 0.496 e. The molecule has 0 aromatic heterocycles. The van der Waals surface area contributed by atoms with E-state index in [0.29, 0.717) is 24.5 Å². The Morgan fingerprint density at radius 1 is 1.31 bits per heavy atom. The van der Waals surface area contributed by atoms with Crippen molar-refractivity contribution in [3.63, 3.8) is 0 Å². The van der Waals surface area contributed by atoms with Crippen LogP contribution in [-0.2, 0) is 11.4 Å². The first-order valence-electron chi connectivity index (χ1n) is 9.62. The van der Waals surface area contributed by atoms with Crippen LogP contribution >= 0.6 is 11.6 Å². The molecule has 0 aliphatic carbocycles.